The van der Waals surface area contributed by atoms with E-state index in [0.717, 1.165) is 0 Å². The highest BCUT2D eigenvalue weighted by molar-refractivity contribution is 6.15. The van der Waals surface area contributed by atoms with Crippen molar-refractivity contribution < 1.29 is 29.0 Å². The van der Waals surface area contributed by atoms with Gasteiger partial charge in [0.1, 0.15) is 16.8 Å². The molecule has 6 nitrogen and oxygen atoms in total. The molecule has 24 heavy (non-hydrogen) atoms. The van der Waals surface area contributed by atoms with Gasteiger partial charge in [-0.3, -0.25) is 9.59 Å². The quantitative estimate of drug-likeness (QED) is 0.638. The number of carbonyl (C=O) groups is 3. The van der Waals surface area contributed by atoms with Gasteiger partial charge in [-0.1, -0.05) is 6.07 Å². The van der Waals surface area contributed by atoms with Gasteiger partial charge in [-0.05, 0) is 33.3 Å². The summed E-state index contributed by atoms with van der Waals surface area (Å²) in [4.78, 5) is 36.7. The third-order valence-corrected chi connectivity index (χ3v) is 5.13. The number of rotatable bonds is 2. The second-order valence-corrected chi connectivity index (χ2v) is 6.78. The molecule has 1 heterocycles. The summed E-state index contributed by atoms with van der Waals surface area (Å²) in [6.07, 6.45) is -1.43. The number of nitrogens with zero attached hydrogens (tertiary/aromatic N) is 1. The van der Waals surface area contributed by atoms with E-state index in [4.69, 9.17) is 0 Å². The average Bonchev–Trinajstić information content (AvgIpc) is 2.59. The second-order valence-electron chi connectivity index (χ2n) is 6.78. The van der Waals surface area contributed by atoms with Crippen molar-refractivity contribution in [2.75, 3.05) is 6.54 Å². The fourth-order valence-electron chi connectivity index (χ4n) is 3.29. The molecule has 1 aliphatic heterocycles. The second kappa shape index (κ2) is 5.66. The van der Waals surface area contributed by atoms with Gasteiger partial charge < -0.3 is 10.2 Å². The Hall–Kier alpha value is -2.28. The fourth-order valence-corrected chi connectivity index (χ4v) is 3.29. The molecule has 0 saturated heterocycles. The van der Waals surface area contributed by atoms with Crippen LogP contribution in [0.4, 0.5) is 14.9 Å². The minimum Gasteiger partial charge on any atom is -0.480 e. The lowest BCUT2D eigenvalue weighted by molar-refractivity contribution is -0.145. The molecule has 0 spiro atoms. The summed E-state index contributed by atoms with van der Waals surface area (Å²) < 4.78 is 14.1. The maximum Gasteiger partial charge on any atom is 0.519 e. The number of Topliss-reactive ketones (excluding diaryl/α,β-unsaturated/α-hetero) is 1. The first-order valence-electron chi connectivity index (χ1n) is 7.69. The highest BCUT2D eigenvalue weighted by Gasteiger charge is 2.55. The van der Waals surface area contributed by atoms with Gasteiger partial charge in [0.05, 0.1) is 12.6 Å². The van der Waals surface area contributed by atoms with E-state index in [-0.39, 0.29) is 24.2 Å². The summed E-state index contributed by atoms with van der Waals surface area (Å²) in [6.45, 7) is 5.88. The van der Waals surface area contributed by atoms with E-state index in [1.165, 1.54) is 26.0 Å². The molecule has 1 amide bonds. The number of benzene rings is 1. The van der Waals surface area contributed by atoms with Crippen molar-refractivity contribution in [1.82, 2.24) is 4.48 Å². The molecule has 0 fully saturated rings. The summed E-state index contributed by atoms with van der Waals surface area (Å²) in [5.74, 6) is -3.11. The predicted octanol–water partition coefficient (Wildman–Crippen LogP) is 3.21. The normalized spacial score (nSPS) is 26.8. The topological polar surface area (TPSA) is 91.7 Å². The van der Waals surface area contributed by atoms with Crippen LogP contribution in [0.3, 0.4) is 0 Å². The van der Waals surface area contributed by atoms with Crippen molar-refractivity contribution in [3.8, 4) is 0 Å². The molecule has 0 saturated carbocycles. The van der Waals surface area contributed by atoms with Gasteiger partial charge in [0.2, 0.25) is 0 Å². The Balaban J connectivity index is 2.94. The van der Waals surface area contributed by atoms with E-state index in [1.807, 2.05) is 0 Å². The first kappa shape index (κ1) is 18.1. The number of quaternary nitrogens is 1. The highest BCUT2D eigenvalue weighted by atomic mass is 19.1. The van der Waals surface area contributed by atoms with Crippen molar-refractivity contribution in [2.45, 2.75) is 40.2 Å². The van der Waals surface area contributed by atoms with Crippen molar-refractivity contribution >= 4 is 23.5 Å². The lowest BCUT2D eigenvalue weighted by Gasteiger charge is -2.36. The highest BCUT2D eigenvalue weighted by Crippen LogP contribution is 2.43. The molecule has 7 heteroatoms. The maximum atomic E-state index is 14.8. The lowest BCUT2D eigenvalue weighted by Crippen LogP contribution is -2.59. The Morgan fingerprint density at radius 1 is 1.29 bits per heavy atom. The summed E-state index contributed by atoms with van der Waals surface area (Å²) in [5, 5.41) is 19.4. The van der Waals surface area contributed by atoms with Gasteiger partial charge in [0, 0.05) is 12.5 Å². The van der Waals surface area contributed by atoms with E-state index >= 15 is 0 Å². The number of carbonyl (C=O) groups excluding carboxylic acids is 1. The molecule has 2 atom stereocenters. The number of carboxylic acids is 1. The smallest absolute Gasteiger partial charge is 0.480 e. The van der Waals surface area contributed by atoms with Crippen LogP contribution in [0, 0.1) is 18.2 Å². The van der Waals surface area contributed by atoms with Crippen molar-refractivity contribution in [2.24, 2.45) is 5.41 Å². The van der Waals surface area contributed by atoms with Crippen LogP contribution in [-0.2, 0) is 4.79 Å². The van der Waals surface area contributed by atoms with Gasteiger partial charge in [-0.25, -0.2) is 4.39 Å². The molecule has 2 N–H and O–H groups in total. The molecule has 130 valence electrons. The summed E-state index contributed by atoms with van der Waals surface area (Å²) in [7, 11) is 0. The monoisotopic (exact) mass is 338 g/mol. The minimum absolute atomic E-state index is 0.00979. The van der Waals surface area contributed by atoms with Crippen LogP contribution in [-0.4, -0.2) is 40.6 Å². The fraction of sp³-hybridized carbons (Fsp3) is 0.471. The zero-order valence-electron chi connectivity index (χ0n) is 14.1. The molecular weight excluding hydrogens is 317 g/mol. The molecular formula is C17H21FNO5+. The van der Waals surface area contributed by atoms with Gasteiger partial charge >= 0.3 is 12.1 Å². The van der Waals surface area contributed by atoms with Gasteiger partial charge in [0.15, 0.2) is 11.5 Å². The summed E-state index contributed by atoms with van der Waals surface area (Å²) in [6, 6.07) is 2.34. The number of fused-ring (bicyclic) bond motifs is 1. The molecule has 1 aromatic rings. The van der Waals surface area contributed by atoms with Crippen LogP contribution in [0.25, 0.3) is 0 Å². The Morgan fingerprint density at radius 3 is 2.33 bits per heavy atom. The van der Waals surface area contributed by atoms with E-state index in [9.17, 15) is 29.0 Å². The zero-order valence-corrected chi connectivity index (χ0v) is 14.1. The maximum absolute atomic E-state index is 14.8. The number of amides is 1. The van der Waals surface area contributed by atoms with Crippen molar-refractivity contribution in [3.63, 3.8) is 0 Å². The van der Waals surface area contributed by atoms with Crippen LogP contribution in [0.2, 0.25) is 0 Å². The summed E-state index contributed by atoms with van der Waals surface area (Å²) in [5.41, 5.74) is -2.11. The molecule has 1 aromatic carbocycles. The predicted molar refractivity (Wildman–Crippen MR) is 85.6 cm³/mol. The molecule has 0 aliphatic carbocycles. The van der Waals surface area contributed by atoms with E-state index in [0.29, 0.717) is 0 Å². The molecule has 2 unspecified atom stereocenters. The third kappa shape index (κ3) is 2.23. The van der Waals surface area contributed by atoms with Gasteiger partial charge in [-0.15, -0.1) is 0 Å². The van der Waals surface area contributed by atoms with Gasteiger partial charge in [0.25, 0.3) is 0 Å². The Labute approximate surface area is 139 Å². The zero-order chi connectivity index (χ0) is 18.4. The van der Waals surface area contributed by atoms with Gasteiger partial charge in [-0.2, -0.15) is 9.28 Å². The number of hydrogen-bond donors (Lipinski definition) is 2. The van der Waals surface area contributed by atoms with Crippen LogP contribution in [0.1, 0.15) is 43.1 Å². The molecule has 0 radical (unpaired) electrons. The van der Waals surface area contributed by atoms with E-state index in [2.05, 4.69) is 0 Å². The molecule has 0 aromatic heterocycles. The first-order valence-corrected chi connectivity index (χ1v) is 7.69. The van der Waals surface area contributed by atoms with Crippen LogP contribution in [0.15, 0.2) is 12.1 Å². The molecule has 1 aliphatic rings. The number of halogens is 1. The average molecular weight is 338 g/mol. The van der Waals surface area contributed by atoms with Crippen LogP contribution >= 0.6 is 0 Å². The van der Waals surface area contributed by atoms with Crippen molar-refractivity contribution in [1.29, 1.82) is 0 Å². The Kier molecular flexibility index (Phi) is 4.26. The van der Waals surface area contributed by atoms with E-state index < -0.39 is 45.2 Å². The van der Waals surface area contributed by atoms with Crippen LogP contribution in [0.5, 0.6) is 0 Å². The number of hydrogen-bond acceptors (Lipinski definition) is 3. The largest absolute Gasteiger partial charge is 0.519 e. The number of aliphatic carboxylic acids is 1. The number of aryl methyl sites for hydroxylation is 1. The lowest BCUT2D eigenvalue weighted by atomic mass is 9.79. The van der Waals surface area contributed by atoms with E-state index in [1.54, 1.807) is 13.8 Å². The summed E-state index contributed by atoms with van der Waals surface area (Å²) >= 11 is 0. The Bertz CT molecular complexity index is 745. The number of carboxylic acid groups (broad SMARTS) is 2. The third-order valence-electron chi connectivity index (χ3n) is 5.13. The first-order chi connectivity index (χ1) is 11.0. The minimum atomic E-state index is -1.87. The standard InChI is InChI=1S/C17H20FNO5/c1-9(2)19(16(23)24)8-7-17(4,15(21)22)14(20)12-11(19)6-5-10(3)13(12)18/h5-6,9H,7-8H2,1-4H3,(H-,21,22,23,24)/p+1. The Morgan fingerprint density at radius 2 is 1.88 bits per heavy atom. The van der Waals surface area contributed by atoms with Crippen molar-refractivity contribution in [3.05, 3.63) is 29.1 Å². The van der Waals surface area contributed by atoms with Crippen LogP contribution < -0.4 is 4.48 Å². The number of ketones is 1. The molecule has 2 rings (SSSR count). The SMILES string of the molecule is Cc1ccc2c(c1F)C(=O)C(C)(C(=O)O)CC[N+]2(C(=O)O)C(C)C. The molecule has 0 bridgehead atoms.